The molecule has 1 aliphatic carbocycles. The molecule has 0 radical (unpaired) electrons. The zero-order valence-electron chi connectivity index (χ0n) is 13.0. The third kappa shape index (κ3) is 3.62. The number of rotatable bonds is 2. The van der Waals surface area contributed by atoms with E-state index < -0.39 is 0 Å². The minimum Gasteiger partial charge on any atom is -0.370 e. The van der Waals surface area contributed by atoms with Crippen molar-refractivity contribution in [3.63, 3.8) is 0 Å². The minimum atomic E-state index is -0.0126. The average Bonchev–Trinajstić information content (AvgIpc) is 2.94. The Kier molecular flexibility index (Phi) is 5.84. The van der Waals surface area contributed by atoms with Crippen LogP contribution in [-0.4, -0.2) is 36.0 Å². The average molecular weight is 325 g/mol. The highest BCUT2D eigenvalue weighted by atomic mass is 35.5. The summed E-state index contributed by atoms with van der Waals surface area (Å²) in [5.41, 5.74) is 7.09. The van der Waals surface area contributed by atoms with Crippen LogP contribution in [0.15, 0.2) is 30.3 Å². The van der Waals surface area contributed by atoms with Crippen molar-refractivity contribution < 1.29 is 9.53 Å². The molecule has 1 heterocycles. The maximum absolute atomic E-state index is 12.7. The molecule has 1 aromatic rings. The van der Waals surface area contributed by atoms with Crippen molar-refractivity contribution in [3.05, 3.63) is 35.9 Å². The van der Waals surface area contributed by atoms with Crippen molar-refractivity contribution in [3.8, 4) is 0 Å². The molecule has 2 N–H and O–H groups in total. The Morgan fingerprint density at radius 3 is 2.64 bits per heavy atom. The van der Waals surface area contributed by atoms with Gasteiger partial charge in [-0.25, -0.2) is 0 Å². The molecule has 1 amide bonds. The second kappa shape index (κ2) is 7.44. The number of ether oxygens (including phenoxy) is 1. The van der Waals surface area contributed by atoms with Crippen LogP contribution in [0.4, 0.5) is 0 Å². The zero-order chi connectivity index (χ0) is 14.8. The molecule has 3 rings (SSSR count). The van der Waals surface area contributed by atoms with Crippen LogP contribution in [0.1, 0.15) is 37.9 Å². The molecule has 122 valence electrons. The molecule has 5 heteroatoms. The highest BCUT2D eigenvalue weighted by Crippen LogP contribution is 2.30. The molecule has 1 aliphatic heterocycles. The molecule has 4 unspecified atom stereocenters. The largest absolute Gasteiger partial charge is 0.370 e. The number of nitrogens with two attached hydrogens (primary N) is 1. The maximum atomic E-state index is 12.7. The molecule has 4 atom stereocenters. The number of halogens is 1. The summed E-state index contributed by atoms with van der Waals surface area (Å²) in [5, 5.41) is 0. The van der Waals surface area contributed by atoms with Crippen molar-refractivity contribution >= 4 is 18.3 Å². The fraction of sp³-hybridized carbons (Fsp3) is 0.588. The Morgan fingerprint density at radius 1 is 1.27 bits per heavy atom. The van der Waals surface area contributed by atoms with E-state index in [1.165, 1.54) is 0 Å². The van der Waals surface area contributed by atoms with E-state index in [1.54, 1.807) is 0 Å². The van der Waals surface area contributed by atoms with Gasteiger partial charge in [0.05, 0.1) is 19.2 Å². The van der Waals surface area contributed by atoms with Crippen molar-refractivity contribution in [2.24, 2.45) is 11.7 Å². The first kappa shape index (κ1) is 17.3. The van der Waals surface area contributed by atoms with Crippen molar-refractivity contribution in [1.82, 2.24) is 4.90 Å². The van der Waals surface area contributed by atoms with Crippen LogP contribution in [-0.2, 0) is 9.53 Å². The lowest BCUT2D eigenvalue weighted by molar-refractivity contribution is -0.148. The van der Waals surface area contributed by atoms with Gasteiger partial charge in [0.1, 0.15) is 6.10 Å². The summed E-state index contributed by atoms with van der Waals surface area (Å²) in [7, 11) is 0. The van der Waals surface area contributed by atoms with Crippen LogP contribution < -0.4 is 5.73 Å². The van der Waals surface area contributed by atoms with Crippen molar-refractivity contribution in [2.75, 3.05) is 13.2 Å². The van der Waals surface area contributed by atoms with E-state index in [2.05, 4.69) is 19.1 Å². The van der Waals surface area contributed by atoms with Gasteiger partial charge < -0.3 is 15.4 Å². The van der Waals surface area contributed by atoms with Crippen molar-refractivity contribution in [2.45, 2.75) is 44.4 Å². The zero-order valence-corrected chi connectivity index (χ0v) is 13.8. The minimum absolute atomic E-state index is 0. The Bertz CT molecular complexity index is 497. The topological polar surface area (TPSA) is 55.6 Å². The summed E-state index contributed by atoms with van der Waals surface area (Å²) in [4.78, 5) is 14.8. The second-order valence-corrected chi connectivity index (χ2v) is 6.34. The summed E-state index contributed by atoms with van der Waals surface area (Å²) in [6, 6.07) is 10.5. The van der Waals surface area contributed by atoms with Crippen LogP contribution in [0, 0.1) is 5.92 Å². The summed E-state index contributed by atoms with van der Waals surface area (Å²) in [6.07, 6.45) is 2.72. The highest BCUT2D eigenvalue weighted by molar-refractivity contribution is 5.85. The summed E-state index contributed by atoms with van der Waals surface area (Å²) >= 11 is 0. The Hall–Kier alpha value is -1.10. The lowest BCUT2D eigenvalue weighted by atomic mass is 10.0. The number of carbonyl (C=O) groups excluding carboxylic acids is 1. The normalized spacial score (nSPS) is 31.6. The van der Waals surface area contributed by atoms with Gasteiger partial charge in [0, 0.05) is 12.0 Å². The fourth-order valence-electron chi connectivity index (χ4n) is 3.41. The Labute approximate surface area is 138 Å². The standard InChI is InChI=1S/C17H24N2O2.ClH/c1-12-11-21-16(13-5-3-2-4-6-13)10-19(12)17(20)14-7-8-15(18)9-14;/h2-6,12,14-16H,7-11,18H2,1H3;1H. The first-order valence-corrected chi connectivity index (χ1v) is 7.87. The van der Waals surface area contributed by atoms with Gasteiger partial charge in [0.15, 0.2) is 0 Å². The first-order chi connectivity index (χ1) is 10.1. The van der Waals surface area contributed by atoms with Gasteiger partial charge in [-0.3, -0.25) is 4.79 Å². The molecule has 22 heavy (non-hydrogen) atoms. The monoisotopic (exact) mass is 324 g/mol. The van der Waals surface area contributed by atoms with Gasteiger partial charge in [0.2, 0.25) is 5.91 Å². The third-order valence-corrected chi connectivity index (χ3v) is 4.71. The molecule has 0 bridgehead atoms. The lowest BCUT2D eigenvalue weighted by Gasteiger charge is -2.39. The molecule has 1 aromatic carbocycles. The van der Waals surface area contributed by atoms with E-state index in [9.17, 15) is 4.79 Å². The Morgan fingerprint density at radius 2 is 2.00 bits per heavy atom. The van der Waals surface area contributed by atoms with Gasteiger partial charge in [-0.1, -0.05) is 30.3 Å². The third-order valence-electron chi connectivity index (χ3n) is 4.71. The first-order valence-electron chi connectivity index (χ1n) is 7.87. The lowest BCUT2D eigenvalue weighted by Crippen LogP contribution is -2.50. The molecule has 1 saturated carbocycles. The number of nitrogens with zero attached hydrogens (tertiary/aromatic N) is 1. The van der Waals surface area contributed by atoms with Crippen LogP contribution in [0.3, 0.4) is 0 Å². The molecule has 2 fully saturated rings. The summed E-state index contributed by atoms with van der Waals surface area (Å²) in [5.74, 6) is 0.372. The molecule has 4 nitrogen and oxygen atoms in total. The smallest absolute Gasteiger partial charge is 0.226 e. The van der Waals surface area contributed by atoms with E-state index in [0.29, 0.717) is 13.2 Å². The molecule has 1 saturated heterocycles. The predicted octanol–water partition coefficient (Wildman–Crippen LogP) is 2.52. The van der Waals surface area contributed by atoms with E-state index in [-0.39, 0.29) is 42.4 Å². The van der Waals surface area contributed by atoms with Gasteiger partial charge in [0.25, 0.3) is 0 Å². The summed E-state index contributed by atoms with van der Waals surface area (Å²) in [6.45, 7) is 3.31. The SMILES string of the molecule is CC1COC(c2ccccc2)CN1C(=O)C1CCC(N)C1.Cl. The van der Waals surface area contributed by atoms with Gasteiger partial charge in [-0.05, 0) is 31.7 Å². The second-order valence-electron chi connectivity index (χ2n) is 6.34. The van der Waals surface area contributed by atoms with Crippen LogP contribution in [0.5, 0.6) is 0 Å². The number of benzene rings is 1. The Balaban J connectivity index is 0.00000176. The van der Waals surface area contributed by atoms with E-state index in [1.807, 2.05) is 23.1 Å². The van der Waals surface area contributed by atoms with Crippen LogP contribution in [0.2, 0.25) is 0 Å². The van der Waals surface area contributed by atoms with Gasteiger partial charge in [-0.15, -0.1) is 12.4 Å². The fourth-order valence-corrected chi connectivity index (χ4v) is 3.41. The predicted molar refractivity (Wildman–Crippen MR) is 88.9 cm³/mol. The molecule has 0 spiro atoms. The van der Waals surface area contributed by atoms with Gasteiger partial charge >= 0.3 is 0 Å². The van der Waals surface area contributed by atoms with E-state index in [0.717, 1.165) is 24.8 Å². The highest BCUT2D eigenvalue weighted by Gasteiger charge is 2.36. The number of hydrogen-bond acceptors (Lipinski definition) is 3. The number of amides is 1. The van der Waals surface area contributed by atoms with E-state index >= 15 is 0 Å². The molecule has 2 aliphatic rings. The molecular formula is C17H25ClN2O2. The van der Waals surface area contributed by atoms with E-state index in [4.69, 9.17) is 10.5 Å². The number of carbonyl (C=O) groups is 1. The number of morpholine rings is 1. The number of hydrogen-bond donors (Lipinski definition) is 1. The van der Waals surface area contributed by atoms with Crippen molar-refractivity contribution in [1.29, 1.82) is 0 Å². The summed E-state index contributed by atoms with van der Waals surface area (Å²) < 4.78 is 5.92. The molecular weight excluding hydrogens is 300 g/mol. The maximum Gasteiger partial charge on any atom is 0.226 e. The van der Waals surface area contributed by atoms with Crippen LogP contribution in [0.25, 0.3) is 0 Å². The quantitative estimate of drug-likeness (QED) is 0.909. The van der Waals surface area contributed by atoms with Crippen LogP contribution >= 0.6 is 12.4 Å². The molecule has 0 aromatic heterocycles. The van der Waals surface area contributed by atoms with Gasteiger partial charge in [-0.2, -0.15) is 0 Å².